The first-order valence-corrected chi connectivity index (χ1v) is 10.9. The highest BCUT2D eigenvalue weighted by molar-refractivity contribution is 6.03. The average Bonchev–Trinajstić information content (AvgIpc) is 3.58. The Bertz CT molecular complexity index is 1320. The van der Waals surface area contributed by atoms with Crippen molar-refractivity contribution in [3.05, 3.63) is 40.8 Å². The molecule has 1 aromatic carbocycles. The molecule has 1 aliphatic carbocycles. The van der Waals surface area contributed by atoms with Crippen LogP contribution in [0.15, 0.2) is 18.2 Å². The number of esters is 1. The number of Topliss-reactive ketones (excluding diaryl/α,β-unsaturated/α-hetero) is 1. The van der Waals surface area contributed by atoms with E-state index in [4.69, 9.17) is 18.9 Å². The predicted molar refractivity (Wildman–Crippen MR) is 121 cm³/mol. The first-order chi connectivity index (χ1) is 16.4. The Morgan fingerprint density at radius 1 is 0.971 bits per heavy atom. The van der Waals surface area contributed by atoms with E-state index in [1.807, 2.05) is 0 Å². The Labute approximate surface area is 195 Å². The van der Waals surface area contributed by atoms with Gasteiger partial charge in [-0.05, 0) is 30.2 Å². The predicted octanol–water partition coefficient (Wildman–Crippen LogP) is 2.89. The molecule has 178 valence electrons. The molecule has 2 unspecified atom stereocenters. The minimum atomic E-state index is -0.525. The lowest BCUT2D eigenvalue weighted by atomic mass is 9.82. The summed E-state index contributed by atoms with van der Waals surface area (Å²) in [4.78, 5) is 46.2. The molecule has 3 heterocycles. The third kappa shape index (κ3) is 3.12. The number of ether oxygens (including phenoxy) is 4. The van der Waals surface area contributed by atoms with Crippen LogP contribution in [0, 0.1) is 0 Å². The quantitative estimate of drug-likeness (QED) is 0.553. The second kappa shape index (κ2) is 8.12. The highest BCUT2D eigenvalue weighted by Crippen LogP contribution is 2.45. The fourth-order valence-electron chi connectivity index (χ4n) is 5.24. The molecule has 3 aromatic rings. The Balaban J connectivity index is 1.49. The summed E-state index contributed by atoms with van der Waals surface area (Å²) in [6, 6.07) is 4.92. The van der Waals surface area contributed by atoms with E-state index in [0.29, 0.717) is 47.1 Å². The summed E-state index contributed by atoms with van der Waals surface area (Å²) >= 11 is 0. The maximum Gasteiger partial charge on any atom is 0.354 e. The van der Waals surface area contributed by atoms with Gasteiger partial charge in [-0.1, -0.05) is 0 Å². The molecular formula is C24H25N3O7. The van der Waals surface area contributed by atoms with Gasteiger partial charge in [0, 0.05) is 30.3 Å². The first kappa shape index (κ1) is 21.9. The number of H-pyrrole nitrogens is 2. The second-order valence-electron chi connectivity index (χ2n) is 8.39. The topological polar surface area (TPSA) is 123 Å². The first-order valence-electron chi connectivity index (χ1n) is 10.9. The molecule has 0 bridgehead atoms. The summed E-state index contributed by atoms with van der Waals surface area (Å²) < 4.78 is 21.2. The summed E-state index contributed by atoms with van der Waals surface area (Å²) in [5.41, 5.74) is 2.45. The Hall–Kier alpha value is -3.95. The van der Waals surface area contributed by atoms with E-state index in [-0.39, 0.29) is 35.8 Å². The van der Waals surface area contributed by atoms with Gasteiger partial charge in [0.15, 0.2) is 17.3 Å². The van der Waals surface area contributed by atoms with Gasteiger partial charge in [0.1, 0.15) is 11.4 Å². The van der Waals surface area contributed by atoms with Gasteiger partial charge < -0.3 is 33.8 Å². The number of amides is 1. The number of hydrogen-bond donors (Lipinski definition) is 2. The van der Waals surface area contributed by atoms with Crippen molar-refractivity contribution in [1.29, 1.82) is 0 Å². The Morgan fingerprint density at radius 3 is 2.41 bits per heavy atom. The highest BCUT2D eigenvalue weighted by atomic mass is 16.5. The van der Waals surface area contributed by atoms with Gasteiger partial charge in [0.05, 0.1) is 39.6 Å². The van der Waals surface area contributed by atoms with Crippen LogP contribution in [0.3, 0.4) is 0 Å². The summed E-state index contributed by atoms with van der Waals surface area (Å²) in [7, 11) is 5.87. The number of nitrogens with zero attached hydrogens (tertiary/aromatic N) is 1. The number of rotatable bonds is 5. The molecule has 1 fully saturated rings. The number of benzene rings is 1. The number of aromatic nitrogens is 2. The van der Waals surface area contributed by atoms with E-state index in [1.54, 1.807) is 23.1 Å². The fraction of sp³-hybridized carbons (Fsp3) is 0.375. The normalized spacial score (nSPS) is 19.1. The summed E-state index contributed by atoms with van der Waals surface area (Å²) in [6.07, 6.45) is 0.885. The van der Waals surface area contributed by atoms with Crippen molar-refractivity contribution in [1.82, 2.24) is 14.9 Å². The largest absolute Gasteiger partial charge is 0.493 e. The summed E-state index contributed by atoms with van der Waals surface area (Å²) in [6.45, 7) is 0.499. The van der Waals surface area contributed by atoms with Gasteiger partial charge in [0.2, 0.25) is 5.75 Å². The van der Waals surface area contributed by atoms with Crippen molar-refractivity contribution >= 4 is 28.6 Å². The zero-order valence-corrected chi connectivity index (χ0v) is 19.3. The molecule has 1 amide bonds. The minimum absolute atomic E-state index is 0.0367. The number of hydrogen-bond acceptors (Lipinski definition) is 7. The molecule has 1 aliphatic heterocycles. The molecule has 0 saturated carbocycles. The van der Waals surface area contributed by atoms with Crippen molar-refractivity contribution in [3.8, 4) is 17.2 Å². The van der Waals surface area contributed by atoms with Gasteiger partial charge in [-0.2, -0.15) is 0 Å². The number of methoxy groups -OCH3 is 4. The van der Waals surface area contributed by atoms with Crippen molar-refractivity contribution in [2.75, 3.05) is 35.0 Å². The third-order valence-electron chi connectivity index (χ3n) is 6.78. The molecular weight excluding hydrogens is 442 g/mol. The van der Waals surface area contributed by atoms with Gasteiger partial charge >= 0.3 is 5.97 Å². The van der Waals surface area contributed by atoms with Crippen LogP contribution in [0.25, 0.3) is 10.9 Å². The molecule has 10 nitrogen and oxygen atoms in total. The zero-order chi connectivity index (χ0) is 24.1. The highest BCUT2D eigenvalue weighted by Gasteiger charge is 2.45. The van der Waals surface area contributed by atoms with E-state index in [9.17, 15) is 14.4 Å². The van der Waals surface area contributed by atoms with Crippen LogP contribution in [0.4, 0.5) is 0 Å². The van der Waals surface area contributed by atoms with Crippen molar-refractivity contribution in [2.45, 2.75) is 24.8 Å². The Kier molecular flexibility index (Phi) is 5.22. The zero-order valence-electron chi connectivity index (χ0n) is 19.3. The van der Waals surface area contributed by atoms with Crippen LogP contribution in [-0.4, -0.2) is 73.6 Å². The maximum absolute atomic E-state index is 13.6. The van der Waals surface area contributed by atoms with Crippen LogP contribution >= 0.6 is 0 Å². The molecule has 2 aliphatic rings. The lowest BCUT2D eigenvalue weighted by Crippen LogP contribution is -2.41. The molecule has 2 atom stereocenters. The maximum atomic E-state index is 13.6. The summed E-state index contributed by atoms with van der Waals surface area (Å²) in [5, 5.41) is 0.740. The number of fused-ring (bicyclic) bond motifs is 4. The minimum Gasteiger partial charge on any atom is -0.493 e. The van der Waals surface area contributed by atoms with Crippen LogP contribution in [0.1, 0.15) is 55.8 Å². The molecule has 0 radical (unpaired) electrons. The number of nitrogens with one attached hydrogen (secondary N) is 2. The smallest absolute Gasteiger partial charge is 0.354 e. The van der Waals surface area contributed by atoms with Crippen LogP contribution in [-0.2, 0) is 4.74 Å². The van der Waals surface area contributed by atoms with Gasteiger partial charge in [0.25, 0.3) is 5.91 Å². The van der Waals surface area contributed by atoms with E-state index >= 15 is 0 Å². The van der Waals surface area contributed by atoms with Gasteiger partial charge in [-0.15, -0.1) is 0 Å². The van der Waals surface area contributed by atoms with E-state index < -0.39 is 5.97 Å². The number of aromatic amines is 2. The molecule has 1 saturated heterocycles. The monoisotopic (exact) mass is 467 g/mol. The fourth-order valence-corrected chi connectivity index (χ4v) is 5.24. The molecule has 0 spiro atoms. The molecule has 10 heteroatoms. The Morgan fingerprint density at radius 2 is 1.74 bits per heavy atom. The van der Waals surface area contributed by atoms with E-state index in [1.165, 1.54) is 28.4 Å². The SMILES string of the molecule is COC(=O)c1cc2c([nH]1)C(=O)CC1C2CCN1C(=O)c1cc2cc(OC)c(OC)c(OC)c2[nH]1. The number of carbonyl (C=O) groups is 3. The van der Waals surface area contributed by atoms with Crippen molar-refractivity contribution < 1.29 is 33.3 Å². The van der Waals surface area contributed by atoms with E-state index in [0.717, 1.165) is 10.9 Å². The van der Waals surface area contributed by atoms with Crippen molar-refractivity contribution in [3.63, 3.8) is 0 Å². The van der Waals surface area contributed by atoms with Gasteiger partial charge in [-0.25, -0.2) is 4.79 Å². The number of likely N-dealkylation sites (tertiary alicyclic amines) is 1. The molecule has 34 heavy (non-hydrogen) atoms. The lowest BCUT2D eigenvalue weighted by molar-refractivity contribution is 0.0594. The molecule has 2 aromatic heterocycles. The average molecular weight is 467 g/mol. The van der Waals surface area contributed by atoms with Crippen LogP contribution in [0.2, 0.25) is 0 Å². The van der Waals surface area contributed by atoms with Crippen LogP contribution in [0.5, 0.6) is 17.2 Å². The molecule has 5 rings (SSSR count). The van der Waals surface area contributed by atoms with Crippen LogP contribution < -0.4 is 14.2 Å². The summed E-state index contributed by atoms with van der Waals surface area (Å²) in [5.74, 6) is 0.468. The van der Waals surface area contributed by atoms with Crippen molar-refractivity contribution in [2.24, 2.45) is 0 Å². The number of carbonyl (C=O) groups excluding carboxylic acids is 3. The van der Waals surface area contributed by atoms with E-state index in [2.05, 4.69) is 9.97 Å². The standard InChI is InChI=1S/C24H25N3O7/c1-31-18-8-11-7-14(25-19(11)22(33-3)21(18)32-2)23(29)27-6-5-12-13-9-15(24(30)34-4)26-20(13)17(28)10-16(12)27/h7-9,12,16,25-26H,5-6,10H2,1-4H3. The van der Waals surface area contributed by atoms with Gasteiger partial charge in [-0.3, -0.25) is 9.59 Å². The number of ketones is 1. The lowest BCUT2D eigenvalue weighted by Gasteiger charge is -2.30. The third-order valence-corrected chi connectivity index (χ3v) is 6.78. The molecule has 2 N–H and O–H groups in total. The second-order valence-corrected chi connectivity index (χ2v) is 8.39.